The molecule has 0 fully saturated rings. The van der Waals surface area contributed by atoms with Gasteiger partial charge in [-0.05, 0) is 43.3 Å². The van der Waals surface area contributed by atoms with Crippen molar-refractivity contribution >= 4 is 15.9 Å². The molecule has 0 radical (unpaired) electrons. The number of rotatable bonds is 6. The third kappa shape index (κ3) is 4.30. The Morgan fingerprint density at radius 3 is 2.76 bits per heavy atom. The molecule has 0 saturated carbocycles. The van der Waals surface area contributed by atoms with Crippen LogP contribution in [-0.4, -0.2) is 11.7 Å². The van der Waals surface area contributed by atoms with E-state index in [4.69, 9.17) is 4.74 Å². The zero-order chi connectivity index (χ0) is 15.2. The number of aliphatic hydroxyl groups is 1. The van der Waals surface area contributed by atoms with Crippen LogP contribution in [0.2, 0.25) is 0 Å². The Hall–Kier alpha value is -1.36. The molecule has 112 valence electrons. The summed E-state index contributed by atoms with van der Waals surface area (Å²) in [6.45, 7) is 5.11. The van der Waals surface area contributed by atoms with E-state index in [0.29, 0.717) is 0 Å². The van der Waals surface area contributed by atoms with E-state index in [9.17, 15) is 5.11 Å². The Bertz CT molecular complexity index is 601. The van der Waals surface area contributed by atoms with Crippen LogP contribution in [0.25, 0.3) is 0 Å². The van der Waals surface area contributed by atoms with Crippen molar-refractivity contribution in [3.05, 3.63) is 58.1 Å². The van der Waals surface area contributed by atoms with Crippen molar-refractivity contribution in [2.75, 3.05) is 6.54 Å². The van der Waals surface area contributed by atoms with E-state index >= 15 is 0 Å². The van der Waals surface area contributed by atoms with E-state index in [1.165, 1.54) is 0 Å². The molecule has 4 heteroatoms. The van der Waals surface area contributed by atoms with Gasteiger partial charge in [0.2, 0.25) is 0 Å². The first-order chi connectivity index (χ1) is 10.1. The minimum atomic E-state index is 0.0103. The van der Waals surface area contributed by atoms with Crippen LogP contribution in [-0.2, 0) is 6.61 Å². The molecule has 0 amide bonds. The summed E-state index contributed by atoms with van der Waals surface area (Å²) in [5, 5.41) is 12.6. The molecule has 3 nitrogen and oxygen atoms in total. The molecule has 0 aromatic heterocycles. The fourth-order valence-corrected chi connectivity index (χ4v) is 2.54. The minimum absolute atomic E-state index is 0.0103. The summed E-state index contributed by atoms with van der Waals surface area (Å²) < 4.78 is 6.99. The van der Waals surface area contributed by atoms with Crippen molar-refractivity contribution in [1.29, 1.82) is 0 Å². The van der Waals surface area contributed by atoms with Crippen molar-refractivity contribution in [1.82, 2.24) is 5.32 Å². The molecular formula is C17H20BrNO2. The lowest BCUT2D eigenvalue weighted by Gasteiger charge is -2.18. The summed E-state index contributed by atoms with van der Waals surface area (Å²) >= 11 is 3.49. The smallest absolute Gasteiger partial charge is 0.133 e. The van der Waals surface area contributed by atoms with E-state index in [-0.39, 0.29) is 12.6 Å². The van der Waals surface area contributed by atoms with E-state index in [2.05, 4.69) is 41.2 Å². The Labute approximate surface area is 134 Å². The predicted octanol–water partition coefficient (Wildman–Crippen LogP) is 4.40. The molecule has 0 saturated heterocycles. The van der Waals surface area contributed by atoms with Crippen LogP contribution >= 0.6 is 15.9 Å². The zero-order valence-electron chi connectivity index (χ0n) is 12.3. The molecular weight excluding hydrogens is 330 g/mol. The first kappa shape index (κ1) is 16.0. The maximum absolute atomic E-state index is 9.21. The molecule has 21 heavy (non-hydrogen) atoms. The molecule has 0 spiro atoms. The number of hydrogen-bond donors (Lipinski definition) is 2. The Morgan fingerprint density at radius 1 is 1.24 bits per heavy atom. The van der Waals surface area contributed by atoms with Crippen LogP contribution in [0.3, 0.4) is 0 Å². The summed E-state index contributed by atoms with van der Waals surface area (Å²) in [7, 11) is 0. The predicted molar refractivity (Wildman–Crippen MR) is 88.7 cm³/mol. The van der Waals surface area contributed by atoms with Gasteiger partial charge in [0.25, 0.3) is 0 Å². The van der Waals surface area contributed by atoms with E-state index in [1.54, 1.807) is 0 Å². The molecule has 1 unspecified atom stereocenters. The van der Waals surface area contributed by atoms with Crippen molar-refractivity contribution < 1.29 is 9.84 Å². The highest BCUT2D eigenvalue weighted by molar-refractivity contribution is 9.10. The highest BCUT2D eigenvalue weighted by Gasteiger charge is 2.12. The quantitative estimate of drug-likeness (QED) is 0.811. The van der Waals surface area contributed by atoms with Gasteiger partial charge in [0, 0.05) is 16.1 Å². The molecule has 1 atom stereocenters. The average molecular weight is 350 g/mol. The van der Waals surface area contributed by atoms with E-state index < -0.39 is 0 Å². The van der Waals surface area contributed by atoms with Crippen molar-refractivity contribution in [3.8, 4) is 11.5 Å². The Kier molecular flexibility index (Phi) is 5.79. The van der Waals surface area contributed by atoms with Gasteiger partial charge in [-0.1, -0.05) is 41.1 Å². The highest BCUT2D eigenvalue weighted by atomic mass is 79.9. The van der Waals surface area contributed by atoms with Crippen LogP contribution < -0.4 is 10.1 Å². The fourth-order valence-electron chi connectivity index (χ4n) is 2.20. The van der Waals surface area contributed by atoms with Gasteiger partial charge in [0.15, 0.2) is 0 Å². The van der Waals surface area contributed by atoms with Gasteiger partial charge in [-0.2, -0.15) is 0 Å². The number of aliphatic hydroxyl groups excluding tert-OH is 1. The average Bonchev–Trinajstić information content (AvgIpc) is 2.48. The number of hydrogen-bond acceptors (Lipinski definition) is 3. The van der Waals surface area contributed by atoms with E-state index in [1.807, 2.05) is 36.4 Å². The van der Waals surface area contributed by atoms with Gasteiger partial charge in [0.05, 0.1) is 6.61 Å². The number of benzene rings is 2. The second kappa shape index (κ2) is 7.59. The molecule has 2 aromatic rings. The number of halogens is 1. The topological polar surface area (TPSA) is 41.5 Å². The molecule has 0 aliphatic rings. The van der Waals surface area contributed by atoms with Crippen molar-refractivity contribution in [3.63, 3.8) is 0 Å². The molecule has 0 bridgehead atoms. The van der Waals surface area contributed by atoms with Crippen LogP contribution in [0, 0.1) is 0 Å². The summed E-state index contributed by atoms with van der Waals surface area (Å²) in [5.41, 5.74) is 1.94. The zero-order valence-corrected chi connectivity index (χ0v) is 13.9. The lowest BCUT2D eigenvalue weighted by atomic mass is 10.1. The minimum Gasteiger partial charge on any atom is -0.457 e. The summed E-state index contributed by atoms with van der Waals surface area (Å²) in [6.07, 6.45) is 0. The summed E-state index contributed by atoms with van der Waals surface area (Å²) in [5.74, 6) is 1.54. The molecule has 0 heterocycles. The maximum Gasteiger partial charge on any atom is 0.133 e. The molecule has 2 aromatic carbocycles. The third-order valence-electron chi connectivity index (χ3n) is 3.26. The van der Waals surface area contributed by atoms with Gasteiger partial charge in [0.1, 0.15) is 11.5 Å². The standard InChI is InChI=1S/C17H20BrNO2/c1-3-19-12(2)16-8-7-14(18)10-17(16)21-15-6-4-5-13(9-15)11-20/h4-10,12,19-20H,3,11H2,1-2H3. The lowest BCUT2D eigenvalue weighted by molar-refractivity contribution is 0.281. The molecule has 0 aliphatic heterocycles. The van der Waals surface area contributed by atoms with Crippen LogP contribution in [0.1, 0.15) is 31.0 Å². The largest absolute Gasteiger partial charge is 0.457 e. The van der Waals surface area contributed by atoms with Crippen LogP contribution in [0.4, 0.5) is 0 Å². The van der Waals surface area contributed by atoms with Crippen molar-refractivity contribution in [2.24, 2.45) is 0 Å². The number of nitrogens with one attached hydrogen (secondary N) is 1. The highest BCUT2D eigenvalue weighted by Crippen LogP contribution is 2.32. The first-order valence-corrected chi connectivity index (χ1v) is 7.83. The second-order valence-electron chi connectivity index (χ2n) is 4.87. The van der Waals surface area contributed by atoms with Gasteiger partial charge >= 0.3 is 0 Å². The fraction of sp³-hybridized carbons (Fsp3) is 0.294. The van der Waals surface area contributed by atoms with Gasteiger partial charge < -0.3 is 15.2 Å². The SMILES string of the molecule is CCNC(C)c1ccc(Br)cc1Oc1cccc(CO)c1. The second-order valence-corrected chi connectivity index (χ2v) is 5.78. The van der Waals surface area contributed by atoms with Gasteiger partial charge in [-0.3, -0.25) is 0 Å². The molecule has 2 rings (SSSR count). The maximum atomic E-state index is 9.21. The first-order valence-electron chi connectivity index (χ1n) is 7.04. The summed E-state index contributed by atoms with van der Waals surface area (Å²) in [4.78, 5) is 0. The monoisotopic (exact) mass is 349 g/mol. The van der Waals surface area contributed by atoms with Crippen LogP contribution in [0.15, 0.2) is 46.9 Å². The van der Waals surface area contributed by atoms with Gasteiger partial charge in [-0.15, -0.1) is 0 Å². The molecule has 2 N–H and O–H groups in total. The molecule has 0 aliphatic carbocycles. The Balaban J connectivity index is 2.31. The number of ether oxygens (including phenoxy) is 1. The van der Waals surface area contributed by atoms with E-state index in [0.717, 1.165) is 33.6 Å². The third-order valence-corrected chi connectivity index (χ3v) is 3.75. The normalized spacial score (nSPS) is 12.2. The Morgan fingerprint density at radius 2 is 2.05 bits per heavy atom. The van der Waals surface area contributed by atoms with Crippen molar-refractivity contribution in [2.45, 2.75) is 26.5 Å². The van der Waals surface area contributed by atoms with Gasteiger partial charge in [-0.25, -0.2) is 0 Å². The summed E-state index contributed by atoms with van der Waals surface area (Å²) in [6, 6.07) is 13.7. The van der Waals surface area contributed by atoms with Crippen LogP contribution in [0.5, 0.6) is 11.5 Å². The lowest BCUT2D eigenvalue weighted by Crippen LogP contribution is -2.18.